The van der Waals surface area contributed by atoms with E-state index in [0.717, 1.165) is 29.9 Å². The van der Waals surface area contributed by atoms with E-state index in [9.17, 15) is 9.36 Å². The molecule has 1 aliphatic heterocycles. The van der Waals surface area contributed by atoms with Crippen molar-refractivity contribution in [2.45, 2.75) is 6.92 Å². The van der Waals surface area contributed by atoms with Gasteiger partial charge in [-0.25, -0.2) is 19.7 Å². The molecule has 0 saturated carbocycles. The van der Waals surface area contributed by atoms with Crippen molar-refractivity contribution < 1.29 is 23.4 Å². The molecule has 6 rings (SSSR count). The fraction of sp³-hybridized carbons (Fsp3) is 0.258. The maximum Gasteiger partial charge on any atom is 0.347 e. The van der Waals surface area contributed by atoms with Crippen molar-refractivity contribution in [2.75, 3.05) is 62.3 Å². The zero-order chi connectivity index (χ0) is 32.3. The van der Waals surface area contributed by atoms with Crippen LogP contribution >= 0.6 is 7.37 Å². The molecule has 2 aromatic carbocycles. The predicted molar refractivity (Wildman–Crippen MR) is 175 cm³/mol. The Balaban J connectivity index is 1.37. The summed E-state index contributed by atoms with van der Waals surface area (Å²) in [5.74, 6) is 0.501. The Hall–Kier alpha value is -5.20. The number of anilines is 5. The largest absolute Gasteiger partial charge is 0.494 e. The first-order valence-electron chi connectivity index (χ1n) is 14.4. The summed E-state index contributed by atoms with van der Waals surface area (Å²) in [6, 6.07) is 7.34. The van der Waals surface area contributed by atoms with E-state index >= 15 is 0 Å². The van der Waals surface area contributed by atoms with Crippen LogP contribution in [0.3, 0.4) is 0 Å². The van der Waals surface area contributed by atoms with E-state index in [2.05, 4.69) is 40.5 Å². The van der Waals surface area contributed by atoms with Gasteiger partial charge in [-0.2, -0.15) is 4.98 Å². The van der Waals surface area contributed by atoms with Crippen molar-refractivity contribution in [3.8, 4) is 16.9 Å². The Morgan fingerprint density at radius 1 is 0.978 bits per heavy atom. The highest BCUT2D eigenvalue weighted by Gasteiger charge is 2.25. The molecule has 0 atom stereocenters. The molecule has 3 aromatic heterocycles. The molecule has 0 amide bonds. The zero-order valence-corrected chi connectivity index (χ0v) is 26.6. The van der Waals surface area contributed by atoms with E-state index in [4.69, 9.17) is 19.0 Å². The van der Waals surface area contributed by atoms with Crippen LogP contribution in [-0.2, 0) is 13.8 Å². The van der Waals surface area contributed by atoms with Crippen molar-refractivity contribution in [2.24, 2.45) is 0 Å². The van der Waals surface area contributed by atoms with E-state index < -0.39 is 13.3 Å². The number of carbonyl (C=O) groups is 1. The van der Waals surface area contributed by atoms with Gasteiger partial charge in [-0.3, -0.25) is 14.5 Å². The number of methoxy groups -OCH3 is 1. The van der Waals surface area contributed by atoms with Crippen LogP contribution in [0.15, 0.2) is 61.6 Å². The van der Waals surface area contributed by atoms with E-state index in [1.165, 1.54) is 32.1 Å². The van der Waals surface area contributed by atoms with Crippen LogP contribution in [0, 0.1) is 6.92 Å². The van der Waals surface area contributed by atoms with Crippen LogP contribution < -0.4 is 20.3 Å². The molecule has 0 unspecified atom stereocenters. The molecule has 2 N–H and O–H groups in total. The van der Waals surface area contributed by atoms with E-state index in [1.54, 1.807) is 37.8 Å². The molecule has 0 bridgehead atoms. The van der Waals surface area contributed by atoms with Crippen molar-refractivity contribution in [3.63, 3.8) is 0 Å². The van der Waals surface area contributed by atoms with E-state index in [1.807, 2.05) is 19.1 Å². The van der Waals surface area contributed by atoms with Gasteiger partial charge in [0.25, 0.3) is 0 Å². The topological polar surface area (TPSA) is 166 Å². The van der Waals surface area contributed by atoms with Gasteiger partial charge in [-0.05, 0) is 25.1 Å². The molecule has 0 radical (unpaired) electrons. The number of nitrogens with one attached hydrogen (secondary N) is 2. The summed E-state index contributed by atoms with van der Waals surface area (Å²) >= 11 is 0. The quantitative estimate of drug-likeness (QED) is 0.201. The number of benzene rings is 2. The number of rotatable bonds is 9. The van der Waals surface area contributed by atoms with Gasteiger partial charge in [0, 0.05) is 85.8 Å². The second-order valence-corrected chi connectivity index (χ2v) is 13.5. The maximum absolute atomic E-state index is 13.3. The summed E-state index contributed by atoms with van der Waals surface area (Å²) < 4.78 is 29.1. The minimum atomic E-state index is -3.16. The minimum absolute atomic E-state index is 0.0946. The smallest absolute Gasteiger partial charge is 0.347 e. The molecular weight excluding hydrogens is 609 g/mol. The Morgan fingerprint density at radius 2 is 1.74 bits per heavy atom. The molecule has 46 heavy (non-hydrogen) atoms. The van der Waals surface area contributed by atoms with Crippen LogP contribution in [0.2, 0.25) is 0 Å². The third-order valence-corrected chi connectivity index (χ3v) is 7.77. The number of hydrogen-bond donors (Lipinski definition) is 2. The van der Waals surface area contributed by atoms with Gasteiger partial charge < -0.3 is 29.5 Å². The van der Waals surface area contributed by atoms with E-state index in [0.29, 0.717) is 52.8 Å². The molecule has 0 spiro atoms. The molecule has 5 aromatic rings. The summed E-state index contributed by atoms with van der Waals surface area (Å²) in [5.41, 5.74) is 5.28. The molecule has 1 saturated heterocycles. The number of aromatic nitrogens is 6. The second-order valence-electron chi connectivity index (χ2n) is 10.8. The summed E-state index contributed by atoms with van der Waals surface area (Å²) in [6.07, 6.45) is 9.68. The standard InChI is InChI=1S/C31H32N9O5P/c1-19-15-36-31(39-29(19)37-22-5-6-23-28(35-8-7-34-23)27(22)30(41)45-46(3,4)42)38-24-13-21(20-16-32-18-33-17-20)25(14-26(24)43-2)40-9-11-44-12-10-40/h5-8,13-18H,9-12H2,1-4H3,(H2,36,37,38,39). The van der Waals surface area contributed by atoms with E-state index in [-0.39, 0.29) is 11.5 Å². The molecule has 1 aliphatic rings. The lowest BCUT2D eigenvalue weighted by molar-refractivity contribution is 0.0746. The third-order valence-electron chi connectivity index (χ3n) is 7.16. The Labute approximate surface area is 265 Å². The molecule has 236 valence electrons. The van der Waals surface area contributed by atoms with Gasteiger partial charge in [0.1, 0.15) is 29.0 Å². The van der Waals surface area contributed by atoms with Crippen molar-refractivity contribution in [1.29, 1.82) is 0 Å². The Kier molecular flexibility index (Phi) is 8.73. The first kappa shape index (κ1) is 30.8. The SMILES string of the molecule is COc1cc(N2CCOCC2)c(-c2cncnc2)cc1Nc1ncc(C)c(Nc2ccc3nccnc3c2C(=O)OP(C)(C)=O)n1. The lowest BCUT2D eigenvalue weighted by Crippen LogP contribution is -2.36. The number of carbonyl (C=O) groups excluding carboxylic acids is 1. The van der Waals surface area contributed by atoms with Gasteiger partial charge in [0.15, 0.2) is 0 Å². The highest BCUT2D eigenvalue weighted by atomic mass is 31.2. The van der Waals surface area contributed by atoms with Crippen LogP contribution in [0.5, 0.6) is 5.75 Å². The predicted octanol–water partition coefficient (Wildman–Crippen LogP) is 5.21. The number of fused-ring (bicyclic) bond motifs is 1. The monoisotopic (exact) mass is 641 g/mol. The third kappa shape index (κ3) is 6.72. The summed E-state index contributed by atoms with van der Waals surface area (Å²) in [6.45, 7) is 7.30. The van der Waals surface area contributed by atoms with Crippen molar-refractivity contribution in [1.82, 2.24) is 29.9 Å². The second kappa shape index (κ2) is 13.0. The van der Waals surface area contributed by atoms with Crippen LogP contribution in [0.25, 0.3) is 22.2 Å². The first-order chi connectivity index (χ1) is 22.2. The minimum Gasteiger partial charge on any atom is -0.494 e. The number of hydrogen-bond acceptors (Lipinski definition) is 14. The number of morpholine rings is 1. The molecular formula is C31H32N9O5P. The van der Waals surface area contributed by atoms with Crippen LogP contribution in [0.4, 0.5) is 28.8 Å². The number of ether oxygens (including phenoxy) is 2. The molecule has 14 nitrogen and oxygen atoms in total. The van der Waals surface area contributed by atoms with Crippen molar-refractivity contribution in [3.05, 3.63) is 72.7 Å². The number of aryl methyl sites for hydroxylation is 1. The fourth-order valence-electron chi connectivity index (χ4n) is 5.04. The Bertz CT molecular complexity index is 1950. The zero-order valence-electron chi connectivity index (χ0n) is 25.7. The summed E-state index contributed by atoms with van der Waals surface area (Å²) in [4.78, 5) is 41.8. The van der Waals surface area contributed by atoms with Crippen LogP contribution in [-0.4, -0.2) is 82.6 Å². The lowest BCUT2D eigenvalue weighted by Gasteiger charge is -2.31. The normalized spacial score (nSPS) is 13.3. The summed E-state index contributed by atoms with van der Waals surface area (Å²) in [7, 11) is -1.56. The molecule has 4 heterocycles. The highest BCUT2D eigenvalue weighted by molar-refractivity contribution is 7.57. The lowest BCUT2D eigenvalue weighted by atomic mass is 10.0. The highest BCUT2D eigenvalue weighted by Crippen LogP contribution is 2.42. The van der Waals surface area contributed by atoms with Gasteiger partial charge in [0.2, 0.25) is 13.3 Å². The number of nitrogens with zero attached hydrogens (tertiary/aromatic N) is 7. The first-order valence-corrected chi connectivity index (χ1v) is 16.9. The average molecular weight is 642 g/mol. The van der Waals surface area contributed by atoms with Gasteiger partial charge >= 0.3 is 5.97 Å². The molecule has 0 aliphatic carbocycles. The van der Waals surface area contributed by atoms with Gasteiger partial charge in [0.05, 0.1) is 37.2 Å². The Morgan fingerprint density at radius 3 is 2.48 bits per heavy atom. The van der Waals surface area contributed by atoms with Crippen LogP contribution in [0.1, 0.15) is 15.9 Å². The van der Waals surface area contributed by atoms with Gasteiger partial charge in [-0.1, -0.05) is 0 Å². The van der Waals surface area contributed by atoms with Crippen molar-refractivity contribution >= 4 is 53.2 Å². The van der Waals surface area contributed by atoms with Gasteiger partial charge in [-0.15, -0.1) is 0 Å². The average Bonchev–Trinajstić information content (AvgIpc) is 3.06. The maximum atomic E-state index is 13.3. The summed E-state index contributed by atoms with van der Waals surface area (Å²) in [5, 5.41) is 6.52. The molecule has 15 heteroatoms. The molecule has 1 fully saturated rings. The fourth-order valence-corrected chi connectivity index (χ4v) is 5.53.